The number of thioether (sulfide) groups is 1. The lowest BCUT2D eigenvalue weighted by Gasteiger charge is -2.37. The molecule has 4 rings (SSSR count). The van der Waals surface area contributed by atoms with E-state index in [0.29, 0.717) is 0 Å². The van der Waals surface area contributed by atoms with E-state index in [1.807, 2.05) is 42.2 Å². The molecule has 182 valence electrons. The van der Waals surface area contributed by atoms with Crippen LogP contribution in [0, 0.1) is 11.8 Å². The fraction of sp³-hybridized carbons (Fsp3) is 0.462. The van der Waals surface area contributed by atoms with Crippen LogP contribution in [0.1, 0.15) is 30.9 Å². The number of ether oxygens (including phenoxy) is 2. The zero-order valence-corrected chi connectivity index (χ0v) is 21.4. The van der Waals surface area contributed by atoms with E-state index >= 15 is 0 Å². The van der Waals surface area contributed by atoms with E-state index in [-0.39, 0.29) is 23.8 Å². The number of pyridine rings is 1. The Kier molecular flexibility index (Phi) is 8.83. The van der Waals surface area contributed by atoms with E-state index in [2.05, 4.69) is 27.4 Å². The number of nitrogens with two attached hydrogens (primary N) is 1. The summed E-state index contributed by atoms with van der Waals surface area (Å²) in [5, 5.41) is 3.13. The zero-order chi connectivity index (χ0) is 23.9. The molecule has 8 heteroatoms. The van der Waals surface area contributed by atoms with E-state index < -0.39 is 0 Å². The molecule has 0 amide bonds. The molecule has 1 aliphatic heterocycles. The first-order valence-electron chi connectivity index (χ1n) is 11.7. The predicted molar refractivity (Wildman–Crippen MR) is 140 cm³/mol. The van der Waals surface area contributed by atoms with Crippen LogP contribution in [0.2, 0.25) is 0 Å². The van der Waals surface area contributed by atoms with Crippen molar-refractivity contribution in [3.63, 3.8) is 0 Å². The minimum Gasteiger partial charge on any atom is -0.497 e. The number of hydrogen-bond donors (Lipinski definition) is 1. The predicted octanol–water partition coefficient (Wildman–Crippen LogP) is 4.99. The molecule has 1 saturated heterocycles. The fourth-order valence-electron chi connectivity index (χ4n) is 4.80. The van der Waals surface area contributed by atoms with Crippen LogP contribution in [0.4, 0.5) is 0 Å². The number of piperidine rings is 1. The Hall–Kier alpha value is -2.13. The van der Waals surface area contributed by atoms with Gasteiger partial charge in [-0.05, 0) is 73.0 Å². The van der Waals surface area contributed by atoms with Gasteiger partial charge in [-0.15, -0.1) is 23.1 Å². The van der Waals surface area contributed by atoms with Crippen molar-refractivity contribution in [1.29, 1.82) is 0 Å². The van der Waals surface area contributed by atoms with Crippen molar-refractivity contribution in [2.24, 2.45) is 17.6 Å². The summed E-state index contributed by atoms with van der Waals surface area (Å²) in [6.07, 6.45) is 4.50. The van der Waals surface area contributed by atoms with Crippen LogP contribution in [0.25, 0.3) is 10.9 Å². The average Bonchev–Trinajstić information content (AvgIpc) is 3.40. The highest BCUT2D eigenvalue weighted by Crippen LogP contribution is 2.33. The van der Waals surface area contributed by atoms with Crippen LogP contribution in [-0.4, -0.2) is 55.5 Å². The SMILES string of the molecule is COC(=O)[C@H]1CN(CCSc2cccs2)CC[C@H]1CC[C@@H](N)c1ccnc2ccc(OC)cc12. The van der Waals surface area contributed by atoms with Crippen molar-refractivity contribution >= 4 is 40.0 Å². The minimum absolute atomic E-state index is 0.103. The lowest BCUT2D eigenvalue weighted by atomic mass is 9.81. The number of aromatic nitrogens is 1. The van der Waals surface area contributed by atoms with Crippen LogP contribution in [0.5, 0.6) is 5.75 Å². The number of rotatable bonds is 10. The summed E-state index contributed by atoms with van der Waals surface area (Å²) in [7, 11) is 3.16. The van der Waals surface area contributed by atoms with Gasteiger partial charge in [-0.3, -0.25) is 9.78 Å². The Morgan fingerprint density at radius 2 is 2.21 bits per heavy atom. The first-order chi connectivity index (χ1) is 16.6. The van der Waals surface area contributed by atoms with Gasteiger partial charge >= 0.3 is 5.97 Å². The average molecular weight is 500 g/mol. The number of esters is 1. The maximum absolute atomic E-state index is 12.6. The normalized spacial score (nSPS) is 19.7. The molecule has 0 aliphatic carbocycles. The Morgan fingerprint density at radius 1 is 1.32 bits per heavy atom. The molecule has 1 aliphatic rings. The molecule has 3 atom stereocenters. The summed E-state index contributed by atoms with van der Waals surface area (Å²) in [6.45, 7) is 2.74. The molecule has 0 radical (unpaired) electrons. The highest BCUT2D eigenvalue weighted by atomic mass is 32.2. The van der Waals surface area contributed by atoms with Gasteiger partial charge in [0.05, 0.1) is 29.9 Å². The van der Waals surface area contributed by atoms with Crippen molar-refractivity contribution in [1.82, 2.24) is 9.88 Å². The highest BCUT2D eigenvalue weighted by molar-refractivity contribution is 8.01. The summed E-state index contributed by atoms with van der Waals surface area (Å²) >= 11 is 3.66. The number of methoxy groups -OCH3 is 2. The molecule has 3 aromatic rings. The number of carbonyl (C=O) groups excluding carboxylic acids is 1. The molecule has 0 spiro atoms. The van der Waals surface area contributed by atoms with Gasteiger partial charge in [-0.25, -0.2) is 0 Å². The molecule has 2 aromatic heterocycles. The second-order valence-corrected chi connectivity index (χ2v) is 11.1. The Morgan fingerprint density at radius 3 is 2.97 bits per heavy atom. The summed E-state index contributed by atoms with van der Waals surface area (Å²) in [5.74, 6) is 1.90. The number of fused-ring (bicyclic) bond motifs is 1. The second kappa shape index (κ2) is 12.0. The van der Waals surface area contributed by atoms with Crippen LogP contribution >= 0.6 is 23.1 Å². The number of carbonyl (C=O) groups is 1. The third-order valence-electron chi connectivity index (χ3n) is 6.72. The van der Waals surface area contributed by atoms with Gasteiger partial charge in [0.25, 0.3) is 0 Å². The van der Waals surface area contributed by atoms with E-state index in [9.17, 15) is 4.79 Å². The fourth-order valence-corrected chi connectivity index (χ4v) is 6.66. The van der Waals surface area contributed by atoms with Crippen molar-refractivity contribution in [3.8, 4) is 5.75 Å². The Bertz CT molecular complexity index is 1080. The Labute approximate surface area is 209 Å². The van der Waals surface area contributed by atoms with Crippen molar-refractivity contribution < 1.29 is 14.3 Å². The number of nitrogens with zero attached hydrogens (tertiary/aromatic N) is 2. The van der Waals surface area contributed by atoms with E-state index in [4.69, 9.17) is 15.2 Å². The van der Waals surface area contributed by atoms with Gasteiger partial charge < -0.3 is 20.1 Å². The van der Waals surface area contributed by atoms with Crippen molar-refractivity contribution in [2.45, 2.75) is 29.5 Å². The molecule has 1 aromatic carbocycles. The first-order valence-corrected chi connectivity index (χ1v) is 13.6. The molecular formula is C26H33N3O3S2. The molecule has 0 saturated carbocycles. The highest BCUT2D eigenvalue weighted by Gasteiger charge is 2.35. The summed E-state index contributed by atoms with van der Waals surface area (Å²) in [4.78, 5) is 19.5. The minimum atomic E-state index is -0.129. The maximum Gasteiger partial charge on any atom is 0.310 e. The van der Waals surface area contributed by atoms with E-state index in [0.717, 1.165) is 66.9 Å². The maximum atomic E-state index is 12.6. The number of hydrogen-bond acceptors (Lipinski definition) is 8. The first kappa shape index (κ1) is 25.0. The number of benzene rings is 1. The lowest BCUT2D eigenvalue weighted by molar-refractivity contribution is -0.150. The molecule has 34 heavy (non-hydrogen) atoms. The quantitative estimate of drug-likeness (QED) is 0.311. The molecule has 0 bridgehead atoms. The molecule has 6 nitrogen and oxygen atoms in total. The summed E-state index contributed by atoms with van der Waals surface area (Å²) < 4.78 is 11.9. The van der Waals surface area contributed by atoms with Crippen molar-refractivity contribution in [3.05, 3.63) is 53.5 Å². The zero-order valence-electron chi connectivity index (χ0n) is 19.8. The molecule has 1 fully saturated rings. The van der Waals surface area contributed by atoms with Crippen LogP contribution in [0.15, 0.2) is 52.2 Å². The van der Waals surface area contributed by atoms with E-state index in [1.165, 1.54) is 11.3 Å². The van der Waals surface area contributed by atoms with Crippen LogP contribution in [-0.2, 0) is 9.53 Å². The van der Waals surface area contributed by atoms with Gasteiger partial charge in [0, 0.05) is 36.5 Å². The van der Waals surface area contributed by atoms with E-state index in [1.54, 1.807) is 18.4 Å². The largest absolute Gasteiger partial charge is 0.497 e. The summed E-state index contributed by atoms with van der Waals surface area (Å²) in [5.41, 5.74) is 8.65. The summed E-state index contributed by atoms with van der Waals surface area (Å²) in [6, 6.07) is 12.0. The lowest BCUT2D eigenvalue weighted by Crippen LogP contribution is -2.45. The van der Waals surface area contributed by atoms with Gasteiger partial charge in [0.15, 0.2) is 0 Å². The second-order valence-electron chi connectivity index (χ2n) is 8.73. The van der Waals surface area contributed by atoms with Crippen molar-refractivity contribution in [2.75, 3.05) is 39.6 Å². The molecule has 3 heterocycles. The molecule has 0 unspecified atom stereocenters. The number of thiophene rings is 1. The molecule has 2 N–H and O–H groups in total. The molecular weight excluding hydrogens is 466 g/mol. The standard InChI is InChI=1S/C26H33N3O3S2/c1-31-19-6-8-24-21(16-19)20(9-11-28-24)23(27)7-5-18-10-12-29(17-22(18)26(30)32-2)13-15-34-25-4-3-14-33-25/h3-4,6,8-9,11,14,16,18,22-23H,5,7,10,12-13,15,17,27H2,1-2H3/t18-,22+,23-/m1/s1. The van der Waals surface area contributed by atoms with Gasteiger partial charge in [-0.1, -0.05) is 6.07 Å². The number of likely N-dealkylation sites (tertiary alicyclic amines) is 1. The van der Waals surface area contributed by atoms with Gasteiger partial charge in [-0.2, -0.15) is 0 Å². The monoisotopic (exact) mass is 499 g/mol. The van der Waals surface area contributed by atoms with Gasteiger partial charge in [0.1, 0.15) is 5.75 Å². The Balaban J connectivity index is 1.37. The smallest absolute Gasteiger partial charge is 0.310 e. The third-order valence-corrected chi connectivity index (χ3v) is 8.83. The van der Waals surface area contributed by atoms with Crippen LogP contribution < -0.4 is 10.5 Å². The van der Waals surface area contributed by atoms with Gasteiger partial charge in [0.2, 0.25) is 0 Å². The topological polar surface area (TPSA) is 77.7 Å². The third kappa shape index (κ3) is 6.10. The van der Waals surface area contributed by atoms with Crippen LogP contribution in [0.3, 0.4) is 0 Å².